The zero-order chi connectivity index (χ0) is 17.4. The summed E-state index contributed by atoms with van der Waals surface area (Å²) < 4.78 is 2.11. The Balaban J connectivity index is 1.45. The Labute approximate surface area is 151 Å². The van der Waals surface area contributed by atoms with E-state index in [0.717, 1.165) is 37.2 Å². The Morgan fingerprint density at radius 2 is 2.04 bits per heavy atom. The number of carbonyl (C=O) groups excluding carboxylic acids is 1. The molecule has 3 aliphatic rings. The molecule has 4 heterocycles. The van der Waals surface area contributed by atoms with Crippen LogP contribution in [0.15, 0.2) is 6.07 Å². The average molecular weight is 345 g/mol. The zero-order valence-corrected chi connectivity index (χ0v) is 15.8. The topological polar surface area (TPSA) is 40.5 Å². The molecule has 2 fully saturated rings. The van der Waals surface area contributed by atoms with Crippen molar-refractivity contribution in [3.8, 4) is 0 Å². The van der Waals surface area contributed by atoms with Crippen LogP contribution in [-0.4, -0.2) is 59.5 Å². The standard InChI is InChI=1S/C20H32N4O/c1-21-20(25)18-12-15-8-11-23(14-19(15)22(18)2)13-16-6-5-10-24-9-4-3-7-17(16)24/h12,16-17H,3-11,13-14H2,1-2H3,(H,21,25)/t16-,17+/m0/s1. The van der Waals surface area contributed by atoms with E-state index >= 15 is 0 Å². The van der Waals surface area contributed by atoms with Crippen molar-refractivity contribution in [3.05, 3.63) is 23.0 Å². The summed E-state index contributed by atoms with van der Waals surface area (Å²) in [5.41, 5.74) is 3.49. The second-order valence-electron chi connectivity index (χ2n) is 8.13. The molecule has 5 nitrogen and oxygen atoms in total. The van der Waals surface area contributed by atoms with Crippen molar-refractivity contribution in [2.45, 2.75) is 51.1 Å². The largest absolute Gasteiger partial charge is 0.354 e. The molecular formula is C20H32N4O. The first-order valence-electron chi connectivity index (χ1n) is 10.0. The SMILES string of the molecule is CNC(=O)c1cc2c(n1C)CN(C[C@@H]1CCCN3CCCC[C@H]13)CC2. The number of rotatable bonds is 3. The lowest BCUT2D eigenvalue weighted by Crippen LogP contribution is -2.51. The summed E-state index contributed by atoms with van der Waals surface area (Å²) in [6.45, 7) is 5.98. The van der Waals surface area contributed by atoms with Crippen LogP contribution in [0, 0.1) is 5.92 Å². The van der Waals surface area contributed by atoms with Gasteiger partial charge in [0.15, 0.2) is 0 Å². The van der Waals surface area contributed by atoms with Gasteiger partial charge in [-0.05, 0) is 62.7 Å². The van der Waals surface area contributed by atoms with Crippen molar-refractivity contribution in [1.82, 2.24) is 19.7 Å². The first-order chi connectivity index (χ1) is 12.2. The van der Waals surface area contributed by atoms with Crippen LogP contribution in [0.4, 0.5) is 0 Å². The van der Waals surface area contributed by atoms with Crippen molar-refractivity contribution >= 4 is 5.91 Å². The van der Waals surface area contributed by atoms with Gasteiger partial charge in [0.25, 0.3) is 5.91 Å². The van der Waals surface area contributed by atoms with Crippen molar-refractivity contribution in [1.29, 1.82) is 0 Å². The van der Waals surface area contributed by atoms with E-state index in [2.05, 4.69) is 25.8 Å². The Morgan fingerprint density at radius 3 is 2.88 bits per heavy atom. The molecule has 0 bridgehead atoms. The Hall–Kier alpha value is -1.33. The van der Waals surface area contributed by atoms with E-state index in [4.69, 9.17) is 0 Å². The minimum absolute atomic E-state index is 0.0218. The summed E-state index contributed by atoms with van der Waals surface area (Å²) in [6, 6.07) is 2.91. The highest BCUT2D eigenvalue weighted by atomic mass is 16.1. The molecule has 0 unspecified atom stereocenters. The van der Waals surface area contributed by atoms with Crippen molar-refractivity contribution in [2.75, 3.05) is 33.2 Å². The molecule has 0 saturated carbocycles. The molecule has 25 heavy (non-hydrogen) atoms. The highest BCUT2D eigenvalue weighted by Gasteiger charge is 2.34. The fraction of sp³-hybridized carbons (Fsp3) is 0.750. The Kier molecular flexibility index (Phi) is 4.87. The molecule has 1 N–H and O–H groups in total. The van der Waals surface area contributed by atoms with Crippen LogP contribution in [-0.2, 0) is 20.0 Å². The van der Waals surface area contributed by atoms with Gasteiger partial charge >= 0.3 is 0 Å². The molecule has 1 amide bonds. The minimum Gasteiger partial charge on any atom is -0.354 e. The van der Waals surface area contributed by atoms with Gasteiger partial charge in [-0.25, -0.2) is 0 Å². The highest BCUT2D eigenvalue weighted by Crippen LogP contribution is 2.32. The van der Waals surface area contributed by atoms with Crippen molar-refractivity contribution in [2.24, 2.45) is 13.0 Å². The third-order valence-electron chi connectivity index (χ3n) is 6.70. The second kappa shape index (κ2) is 7.12. The molecule has 2 saturated heterocycles. The van der Waals surface area contributed by atoms with Gasteiger partial charge in [0.05, 0.1) is 0 Å². The lowest BCUT2D eigenvalue weighted by Gasteiger charge is -2.46. The predicted molar refractivity (Wildman–Crippen MR) is 99.7 cm³/mol. The van der Waals surface area contributed by atoms with Gasteiger partial charge in [0.2, 0.25) is 0 Å². The summed E-state index contributed by atoms with van der Waals surface area (Å²) >= 11 is 0. The molecule has 0 radical (unpaired) electrons. The van der Waals surface area contributed by atoms with E-state index in [9.17, 15) is 4.79 Å². The van der Waals surface area contributed by atoms with Crippen LogP contribution in [0.3, 0.4) is 0 Å². The first kappa shape index (κ1) is 17.1. The molecule has 1 aromatic rings. The van der Waals surface area contributed by atoms with Gasteiger partial charge in [0, 0.05) is 45.5 Å². The maximum atomic E-state index is 12.1. The molecule has 5 heteroatoms. The van der Waals surface area contributed by atoms with Crippen molar-refractivity contribution in [3.63, 3.8) is 0 Å². The smallest absolute Gasteiger partial charge is 0.267 e. The average Bonchev–Trinajstić information content (AvgIpc) is 2.98. The maximum Gasteiger partial charge on any atom is 0.267 e. The molecule has 3 aliphatic heterocycles. The first-order valence-corrected chi connectivity index (χ1v) is 10.0. The van der Waals surface area contributed by atoms with E-state index in [1.54, 1.807) is 7.05 Å². The fourth-order valence-corrected chi connectivity index (χ4v) is 5.32. The molecule has 0 aliphatic carbocycles. The number of hydrogen-bond donors (Lipinski definition) is 1. The van der Waals surface area contributed by atoms with Gasteiger partial charge in [-0.1, -0.05) is 6.42 Å². The van der Waals surface area contributed by atoms with Gasteiger partial charge in [0.1, 0.15) is 5.69 Å². The number of hydrogen-bond acceptors (Lipinski definition) is 3. The predicted octanol–water partition coefficient (Wildman–Crippen LogP) is 2.01. The van der Waals surface area contributed by atoms with Crippen LogP contribution in [0.1, 0.15) is 53.8 Å². The molecule has 0 spiro atoms. The Bertz CT molecular complexity index is 636. The lowest BCUT2D eigenvalue weighted by atomic mass is 9.83. The molecule has 0 aromatic carbocycles. The third-order valence-corrected chi connectivity index (χ3v) is 6.70. The van der Waals surface area contributed by atoms with E-state index in [-0.39, 0.29) is 5.91 Å². The zero-order valence-electron chi connectivity index (χ0n) is 15.8. The maximum absolute atomic E-state index is 12.1. The quantitative estimate of drug-likeness (QED) is 0.912. The van der Waals surface area contributed by atoms with Crippen LogP contribution in [0.2, 0.25) is 0 Å². The molecule has 138 valence electrons. The number of carbonyl (C=O) groups is 1. The van der Waals surface area contributed by atoms with Crippen LogP contribution >= 0.6 is 0 Å². The van der Waals surface area contributed by atoms with Crippen LogP contribution < -0.4 is 5.32 Å². The van der Waals surface area contributed by atoms with Gasteiger partial charge in [-0.15, -0.1) is 0 Å². The fourth-order valence-electron chi connectivity index (χ4n) is 5.32. The summed E-state index contributed by atoms with van der Waals surface area (Å²) in [7, 11) is 3.75. The van der Waals surface area contributed by atoms with Gasteiger partial charge < -0.3 is 14.8 Å². The lowest BCUT2D eigenvalue weighted by molar-refractivity contribution is 0.0376. The van der Waals surface area contributed by atoms with Crippen molar-refractivity contribution < 1.29 is 4.79 Å². The summed E-state index contributed by atoms with van der Waals surface area (Å²) in [6.07, 6.45) is 8.03. The summed E-state index contributed by atoms with van der Waals surface area (Å²) in [5, 5.41) is 2.76. The van der Waals surface area contributed by atoms with E-state index < -0.39 is 0 Å². The Morgan fingerprint density at radius 1 is 1.20 bits per heavy atom. The van der Waals surface area contributed by atoms with E-state index in [1.807, 2.05) is 7.05 Å². The summed E-state index contributed by atoms with van der Waals surface area (Å²) in [5.74, 6) is 0.850. The normalized spacial score (nSPS) is 27.6. The molecule has 2 atom stereocenters. The van der Waals surface area contributed by atoms with Gasteiger partial charge in [-0.2, -0.15) is 0 Å². The molecule has 1 aromatic heterocycles. The van der Waals surface area contributed by atoms with Gasteiger partial charge in [-0.3, -0.25) is 9.69 Å². The number of amides is 1. The number of nitrogens with zero attached hydrogens (tertiary/aromatic N) is 3. The van der Waals surface area contributed by atoms with E-state index in [0.29, 0.717) is 0 Å². The number of aromatic nitrogens is 1. The minimum atomic E-state index is 0.0218. The number of nitrogens with one attached hydrogen (secondary N) is 1. The second-order valence-corrected chi connectivity index (χ2v) is 8.13. The molecular weight excluding hydrogens is 312 g/mol. The number of fused-ring (bicyclic) bond motifs is 2. The van der Waals surface area contributed by atoms with Crippen LogP contribution in [0.5, 0.6) is 0 Å². The highest BCUT2D eigenvalue weighted by molar-refractivity contribution is 5.93. The third kappa shape index (κ3) is 3.24. The number of piperidine rings is 2. The monoisotopic (exact) mass is 344 g/mol. The van der Waals surface area contributed by atoms with E-state index in [1.165, 1.54) is 63.0 Å². The molecule has 4 rings (SSSR count). The summed E-state index contributed by atoms with van der Waals surface area (Å²) in [4.78, 5) is 17.5. The van der Waals surface area contributed by atoms with Crippen LogP contribution in [0.25, 0.3) is 0 Å².